The van der Waals surface area contributed by atoms with Crippen LogP contribution in [0.5, 0.6) is 0 Å². The molecule has 1 rings (SSSR count). The first-order valence-corrected chi connectivity index (χ1v) is 4.36. The summed E-state index contributed by atoms with van der Waals surface area (Å²) in [6.07, 6.45) is 4.86. The van der Waals surface area contributed by atoms with E-state index in [4.69, 9.17) is 10.8 Å². The van der Waals surface area contributed by atoms with Crippen LogP contribution in [0.2, 0.25) is 0 Å². The fourth-order valence-electron chi connectivity index (χ4n) is 1.07. The van der Waals surface area contributed by atoms with Gasteiger partial charge in [-0.15, -0.1) is 0 Å². The van der Waals surface area contributed by atoms with Crippen LogP contribution in [-0.4, -0.2) is 32.0 Å². The van der Waals surface area contributed by atoms with Gasteiger partial charge in [0.15, 0.2) is 0 Å². The molecular formula is C8H16N4O. The molecule has 5 nitrogen and oxygen atoms in total. The van der Waals surface area contributed by atoms with E-state index in [1.807, 2.05) is 6.92 Å². The summed E-state index contributed by atoms with van der Waals surface area (Å²) in [5.41, 5.74) is 5.29. The highest BCUT2D eigenvalue weighted by Crippen LogP contribution is 2.07. The summed E-state index contributed by atoms with van der Waals surface area (Å²) in [4.78, 5) is 3.83. The Labute approximate surface area is 77.6 Å². The van der Waals surface area contributed by atoms with Crippen molar-refractivity contribution >= 4 is 0 Å². The monoisotopic (exact) mass is 184 g/mol. The van der Waals surface area contributed by atoms with Gasteiger partial charge in [0, 0.05) is 12.1 Å². The van der Waals surface area contributed by atoms with Gasteiger partial charge in [-0.05, 0) is 19.8 Å². The zero-order valence-electron chi connectivity index (χ0n) is 7.85. The van der Waals surface area contributed by atoms with Gasteiger partial charge >= 0.3 is 0 Å². The molecule has 0 bridgehead atoms. The summed E-state index contributed by atoms with van der Waals surface area (Å²) in [5.74, 6) is 0. The third kappa shape index (κ3) is 3.52. The van der Waals surface area contributed by atoms with Crippen molar-refractivity contribution in [2.45, 2.75) is 31.8 Å². The van der Waals surface area contributed by atoms with Crippen molar-refractivity contribution in [1.29, 1.82) is 0 Å². The highest BCUT2D eigenvalue weighted by atomic mass is 16.3. The molecule has 1 atom stereocenters. The van der Waals surface area contributed by atoms with Crippen molar-refractivity contribution in [3.05, 3.63) is 12.7 Å². The molecule has 5 heteroatoms. The summed E-state index contributed by atoms with van der Waals surface area (Å²) in [5, 5.41) is 12.9. The predicted octanol–water partition coefficient (Wildman–Crippen LogP) is -0.232. The second-order valence-electron chi connectivity index (χ2n) is 3.57. The first-order valence-electron chi connectivity index (χ1n) is 4.36. The summed E-state index contributed by atoms with van der Waals surface area (Å²) < 4.78 is 1.76. The van der Waals surface area contributed by atoms with Gasteiger partial charge < -0.3 is 10.8 Å². The number of aromatic nitrogens is 3. The second-order valence-corrected chi connectivity index (χ2v) is 3.57. The maximum Gasteiger partial charge on any atom is 0.137 e. The largest absolute Gasteiger partial charge is 0.394 e. The van der Waals surface area contributed by atoms with Gasteiger partial charge in [0.25, 0.3) is 0 Å². The molecule has 1 unspecified atom stereocenters. The molecule has 13 heavy (non-hydrogen) atoms. The van der Waals surface area contributed by atoms with E-state index in [0.29, 0.717) is 0 Å². The zero-order valence-corrected chi connectivity index (χ0v) is 7.85. The first-order chi connectivity index (χ1) is 6.14. The van der Waals surface area contributed by atoms with E-state index in [2.05, 4.69) is 10.1 Å². The van der Waals surface area contributed by atoms with E-state index in [-0.39, 0.29) is 6.61 Å². The number of hydrogen-bond donors (Lipinski definition) is 2. The molecule has 0 aliphatic heterocycles. The molecule has 1 heterocycles. The smallest absolute Gasteiger partial charge is 0.137 e. The van der Waals surface area contributed by atoms with E-state index in [9.17, 15) is 0 Å². The van der Waals surface area contributed by atoms with E-state index in [1.165, 1.54) is 6.33 Å². The third-order valence-corrected chi connectivity index (χ3v) is 1.96. The molecular weight excluding hydrogens is 168 g/mol. The topological polar surface area (TPSA) is 77.0 Å². The summed E-state index contributed by atoms with van der Waals surface area (Å²) >= 11 is 0. The molecule has 1 aromatic rings. The van der Waals surface area contributed by atoms with Crippen LogP contribution >= 0.6 is 0 Å². The van der Waals surface area contributed by atoms with Gasteiger partial charge in [0.2, 0.25) is 0 Å². The quantitative estimate of drug-likeness (QED) is 0.662. The number of aliphatic hydroxyl groups is 1. The number of nitrogens with zero attached hydrogens (tertiary/aromatic N) is 3. The lowest BCUT2D eigenvalue weighted by Gasteiger charge is -2.20. The highest BCUT2D eigenvalue weighted by molar-refractivity contribution is 4.76. The second kappa shape index (κ2) is 4.34. The van der Waals surface area contributed by atoms with Gasteiger partial charge in [-0.3, -0.25) is 4.68 Å². The van der Waals surface area contributed by atoms with Gasteiger partial charge in [0.05, 0.1) is 6.61 Å². The van der Waals surface area contributed by atoms with Crippen LogP contribution in [0.15, 0.2) is 12.7 Å². The summed E-state index contributed by atoms with van der Waals surface area (Å²) in [6, 6.07) is 0. The minimum absolute atomic E-state index is 0.0182. The Morgan fingerprint density at radius 2 is 2.38 bits per heavy atom. The van der Waals surface area contributed by atoms with E-state index < -0.39 is 5.54 Å². The van der Waals surface area contributed by atoms with Crippen LogP contribution in [0.1, 0.15) is 19.8 Å². The lowest BCUT2D eigenvalue weighted by Crippen LogP contribution is -2.40. The van der Waals surface area contributed by atoms with Crippen molar-refractivity contribution in [2.75, 3.05) is 6.61 Å². The predicted molar refractivity (Wildman–Crippen MR) is 48.9 cm³/mol. The lowest BCUT2D eigenvalue weighted by atomic mass is 9.99. The van der Waals surface area contributed by atoms with E-state index in [1.54, 1.807) is 11.0 Å². The van der Waals surface area contributed by atoms with Crippen molar-refractivity contribution in [1.82, 2.24) is 14.8 Å². The van der Waals surface area contributed by atoms with E-state index >= 15 is 0 Å². The molecule has 1 aromatic heterocycles. The molecule has 3 N–H and O–H groups in total. The van der Waals surface area contributed by atoms with E-state index in [0.717, 1.165) is 19.4 Å². The summed E-state index contributed by atoms with van der Waals surface area (Å²) in [6.45, 7) is 2.66. The Morgan fingerprint density at radius 3 is 2.92 bits per heavy atom. The molecule has 74 valence electrons. The third-order valence-electron chi connectivity index (χ3n) is 1.96. The van der Waals surface area contributed by atoms with Crippen LogP contribution < -0.4 is 5.73 Å². The minimum atomic E-state index is -0.472. The van der Waals surface area contributed by atoms with Crippen molar-refractivity contribution < 1.29 is 5.11 Å². The van der Waals surface area contributed by atoms with Gasteiger partial charge in [0.1, 0.15) is 12.7 Å². The van der Waals surface area contributed by atoms with Crippen molar-refractivity contribution in [2.24, 2.45) is 5.73 Å². The number of hydrogen-bond acceptors (Lipinski definition) is 4. The fraction of sp³-hybridized carbons (Fsp3) is 0.750. The Bertz CT molecular complexity index is 232. The molecule has 0 saturated carbocycles. The minimum Gasteiger partial charge on any atom is -0.394 e. The van der Waals surface area contributed by atoms with Gasteiger partial charge in [-0.1, -0.05) is 0 Å². The first kappa shape index (κ1) is 10.1. The molecule has 0 saturated heterocycles. The molecule has 0 aromatic carbocycles. The number of nitrogens with two attached hydrogens (primary N) is 1. The summed E-state index contributed by atoms with van der Waals surface area (Å²) in [7, 11) is 0. The van der Waals surface area contributed by atoms with Crippen molar-refractivity contribution in [3.63, 3.8) is 0 Å². The number of rotatable bonds is 5. The standard InChI is InChI=1S/C8H16N4O/c1-8(9,5-13)3-2-4-12-7-10-6-11-12/h6-7,13H,2-5,9H2,1H3. The normalized spacial score (nSPS) is 15.6. The van der Waals surface area contributed by atoms with Crippen LogP contribution in [0.3, 0.4) is 0 Å². The van der Waals surface area contributed by atoms with Crippen molar-refractivity contribution in [3.8, 4) is 0 Å². The molecule has 0 aliphatic rings. The maximum atomic E-state index is 8.89. The Balaban J connectivity index is 2.21. The van der Waals surface area contributed by atoms with Crippen LogP contribution in [0.4, 0.5) is 0 Å². The average Bonchev–Trinajstić information content (AvgIpc) is 2.57. The van der Waals surface area contributed by atoms with Crippen LogP contribution in [0, 0.1) is 0 Å². The van der Waals surface area contributed by atoms with Crippen LogP contribution in [0.25, 0.3) is 0 Å². The fourth-order valence-corrected chi connectivity index (χ4v) is 1.07. The SMILES string of the molecule is CC(N)(CO)CCCn1cncn1. The molecule has 0 aliphatic carbocycles. The number of aliphatic hydroxyl groups excluding tert-OH is 1. The lowest BCUT2D eigenvalue weighted by molar-refractivity contribution is 0.196. The Kier molecular flexibility index (Phi) is 3.39. The zero-order chi connectivity index (χ0) is 9.73. The Morgan fingerprint density at radius 1 is 1.62 bits per heavy atom. The molecule has 0 amide bonds. The highest BCUT2D eigenvalue weighted by Gasteiger charge is 2.15. The molecule has 0 fully saturated rings. The van der Waals surface area contributed by atoms with Crippen LogP contribution in [-0.2, 0) is 6.54 Å². The molecule has 0 radical (unpaired) electrons. The van der Waals surface area contributed by atoms with Gasteiger partial charge in [-0.25, -0.2) is 4.98 Å². The van der Waals surface area contributed by atoms with Gasteiger partial charge in [-0.2, -0.15) is 5.10 Å². The number of aryl methyl sites for hydroxylation is 1. The Hall–Kier alpha value is -0.940. The molecule has 0 spiro atoms. The average molecular weight is 184 g/mol. The maximum absolute atomic E-state index is 8.89.